The van der Waals surface area contributed by atoms with Crippen LogP contribution in [-0.2, 0) is 6.54 Å². The summed E-state index contributed by atoms with van der Waals surface area (Å²) in [5.41, 5.74) is 0.713. The van der Waals surface area contributed by atoms with Crippen LogP contribution in [0.25, 0.3) is 0 Å². The molecule has 1 heterocycles. The summed E-state index contributed by atoms with van der Waals surface area (Å²) in [5.74, 6) is -0.128. The molecular weight excluding hydrogens is 322 g/mol. The molecule has 0 aliphatic heterocycles. The van der Waals surface area contributed by atoms with E-state index < -0.39 is 5.60 Å². The molecule has 1 aromatic heterocycles. The van der Waals surface area contributed by atoms with Gasteiger partial charge in [0, 0.05) is 19.0 Å². The molecule has 6 heteroatoms. The number of benzene rings is 1. The highest BCUT2D eigenvalue weighted by molar-refractivity contribution is 7.13. The molecule has 1 amide bonds. The molecule has 1 fully saturated rings. The fourth-order valence-electron chi connectivity index (χ4n) is 3.20. The molecule has 3 rings (SSSR count). The average Bonchev–Trinajstić information content (AvgIpc) is 3.24. The molecule has 24 heavy (non-hydrogen) atoms. The molecule has 0 unspecified atom stereocenters. The van der Waals surface area contributed by atoms with E-state index in [0.29, 0.717) is 18.8 Å². The number of hydrogen-bond donors (Lipinski definition) is 2. The maximum atomic E-state index is 12.9. The predicted octanol–water partition coefficient (Wildman–Crippen LogP) is 3.13. The van der Waals surface area contributed by atoms with Gasteiger partial charge in [-0.05, 0) is 18.4 Å². The number of aromatic nitrogens is 1. The van der Waals surface area contributed by atoms with Gasteiger partial charge in [0.15, 0.2) is 5.13 Å². The minimum atomic E-state index is -0.772. The minimum Gasteiger partial charge on any atom is -0.388 e. The molecule has 2 N–H and O–H groups in total. The third kappa shape index (κ3) is 3.94. The monoisotopic (exact) mass is 345 g/mol. The van der Waals surface area contributed by atoms with Gasteiger partial charge in [0.2, 0.25) is 0 Å². The summed E-state index contributed by atoms with van der Waals surface area (Å²) in [6, 6.07) is 9.88. The van der Waals surface area contributed by atoms with Crippen molar-refractivity contribution in [2.24, 2.45) is 0 Å². The fourth-order valence-corrected chi connectivity index (χ4v) is 3.84. The van der Waals surface area contributed by atoms with E-state index in [9.17, 15) is 9.90 Å². The van der Waals surface area contributed by atoms with Gasteiger partial charge in [0.05, 0.1) is 12.1 Å². The van der Waals surface area contributed by atoms with Gasteiger partial charge in [-0.3, -0.25) is 4.79 Å². The summed E-state index contributed by atoms with van der Waals surface area (Å²) in [4.78, 5) is 19.0. The Morgan fingerprint density at radius 2 is 2.04 bits per heavy atom. The molecule has 1 aliphatic rings. The highest BCUT2D eigenvalue weighted by Gasteiger charge is 2.35. The van der Waals surface area contributed by atoms with Crippen LogP contribution in [0.4, 0.5) is 5.13 Å². The normalized spacial score (nSPS) is 16.1. The molecule has 1 saturated carbocycles. The van der Waals surface area contributed by atoms with Crippen LogP contribution >= 0.6 is 11.3 Å². The highest BCUT2D eigenvalue weighted by atomic mass is 32.1. The van der Waals surface area contributed by atoms with Gasteiger partial charge < -0.3 is 15.3 Å². The quantitative estimate of drug-likeness (QED) is 0.844. The number of anilines is 1. The van der Waals surface area contributed by atoms with Crippen LogP contribution in [0, 0.1) is 0 Å². The Kier molecular flexibility index (Phi) is 5.16. The van der Waals surface area contributed by atoms with E-state index in [1.165, 1.54) is 11.3 Å². The Balaban J connectivity index is 1.81. The first kappa shape index (κ1) is 16.9. The van der Waals surface area contributed by atoms with Crippen LogP contribution in [0.3, 0.4) is 0 Å². The number of rotatable bonds is 6. The first-order valence-corrected chi connectivity index (χ1v) is 9.16. The zero-order chi connectivity index (χ0) is 17.0. The molecule has 0 radical (unpaired) electrons. The minimum absolute atomic E-state index is 0.128. The van der Waals surface area contributed by atoms with Crippen molar-refractivity contribution in [3.8, 4) is 0 Å². The third-order valence-corrected chi connectivity index (χ3v) is 5.32. The second-order valence-electron chi connectivity index (χ2n) is 6.37. The lowest BCUT2D eigenvalue weighted by molar-refractivity contribution is 0.00768. The Bertz CT molecular complexity index is 681. The molecule has 1 aliphatic carbocycles. The number of aliphatic hydroxyl groups is 1. The van der Waals surface area contributed by atoms with Gasteiger partial charge in [-0.1, -0.05) is 43.2 Å². The van der Waals surface area contributed by atoms with Crippen molar-refractivity contribution in [2.75, 3.05) is 18.9 Å². The highest BCUT2D eigenvalue weighted by Crippen LogP contribution is 2.31. The SMILES string of the molecule is CNc1nc(C(=O)N(Cc2ccccc2)CC2(O)CCCC2)cs1. The van der Waals surface area contributed by atoms with Gasteiger partial charge >= 0.3 is 0 Å². The molecule has 2 aromatic rings. The van der Waals surface area contributed by atoms with Crippen molar-refractivity contribution >= 4 is 22.4 Å². The molecule has 5 nitrogen and oxygen atoms in total. The van der Waals surface area contributed by atoms with Gasteiger partial charge in [0.25, 0.3) is 5.91 Å². The van der Waals surface area contributed by atoms with E-state index in [1.54, 1.807) is 17.3 Å². The van der Waals surface area contributed by atoms with E-state index in [0.717, 1.165) is 36.4 Å². The van der Waals surface area contributed by atoms with Crippen LogP contribution in [0.15, 0.2) is 35.7 Å². The number of nitrogens with one attached hydrogen (secondary N) is 1. The molecule has 0 saturated heterocycles. The van der Waals surface area contributed by atoms with Crippen molar-refractivity contribution < 1.29 is 9.90 Å². The molecule has 128 valence electrons. The van der Waals surface area contributed by atoms with Crippen LogP contribution in [0.1, 0.15) is 41.7 Å². The Morgan fingerprint density at radius 3 is 2.67 bits per heavy atom. The van der Waals surface area contributed by atoms with Crippen LogP contribution in [0.2, 0.25) is 0 Å². The number of amides is 1. The topological polar surface area (TPSA) is 65.5 Å². The van der Waals surface area contributed by atoms with Crippen molar-refractivity contribution in [3.05, 3.63) is 47.0 Å². The lowest BCUT2D eigenvalue weighted by Crippen LogP contribution is -2.43. The zero-order valence-electron chi connectivity index (χ0n) is 13.9. The summed E-state index contributed by atoms with van der Waals surface area (Å²) in [7, 11) is 1.79. The van der Waals surface area contributed by atoms with E-state index in [4.69, 9.17) is 0 Å². The largest absolute Gasteiger partial charge is 0.388 e. The van der Waals surface area contributed by atoms with Crippen LogP contribution in [-0.4, -0.2) is 40.1 Å². The lowest BCUT2D eigenvalue weighted by atomic mass is 10.0. The van der Waals surface area contributed by atoms with Crippen LogP contribution < -0.4 is 5.32 Å². The molecule has 1 aromatic carbocycles. The third-order valence-electron chi connectivity index (χ3n) is 4.46. The Hall–Kier alpha value is -1.92. The molecular formula is C18H23N3O2S. The standard InChI is InChI=1S/C18H23N3O2S/c1-19-17-20-15(12-24-17)16(22)21(11-14-7-3-2-4-8-14)13-18(23)9-5-6-10-18/h2-4,7-8,12,23H,5-6,9-11,13H2,1H3,(H,19,20). The fraction of sp³-hybridized carbons (Fsp3) is 0.444. The number of carbonyl (C=O) groups is 1. The van der Waals surface area contributed by atoms with Gasteiger partial charge in [0.1, 0.15) is 5.69 Å². The number of carbonyl (C=O) groups excluding carboxylic acids is 1. The molecule has 0 atom stereocenters. The summed E-state index contributed by atoms with van der Waals surface area (Å²) >= 11 is 1.41. The number of thiazole rings is 1. The maximum absolute atomic E-state index is 12.9. The average molecular weight is 345 g/mol. The summed E-state index contributed by atoms with van der Waals surface area (Å²) < 4.78 is 0. The summed E-state index contributed by atoms with van der Waals surface area (Å²) in [6.07, 6.45) is 3.55. The molecule has 0 spiro atoms. The van der Waals surface area contributed by atoms with Crippen molar-refractivity contribution in [2.45, 2.75) is 37.8 Å². The van der Waals surface area contributed by atoms with E-state index in [-0.39, 0.29) is 5.91 Å². The number of nitrogens with zero attached hydrogens (tertiary/aromatic N) is 2. The van der Waals surface area contributed by atoms with Crippen molar-refractivity contribution in [3.63, 3.8) is 0 Å². The van der Waals surface area contributed by atoms with Crippen molar-refractivity contribution in [1.29, 1.82) is 0 Å². The zero-order valence-corrected chi connectivity index (χ0v) is 14.7. The maximum Gasteiger partial charge on any atom is 0.273 e. The second kappa shape index (κ2) is 7.32. The first-order valence-electron chi connectivity index (χ1n) is 8.28. The number of hydrogen-bond acceptors (Lipinski definition) is 5. The second-order valence-corrected chi connectivity index (χ2v) is 7.22. The Morgan fingerprint density at radius 1 is 1.33 bits per heavy atom. The van der Waals surface area contributed by atoms with E-state index >= 15 is 0 Å². The van der Waals surface area contributed by atoms with Gasteiger partial charge in [-0.15, -0.1) is 11.3 Å². The van der Waals surface area contributed by atoms with Crippen LogP contribution in [0.5, 0.6) is 0 Å². The van der Waals surface area contributed by atoms with Gasteiger partial charge in [-0.25, -0.2) is 4.98 Å². The first-order chi connectivity index (χ1) is 11.6. The van der Waals surface area contributed by atoms with E-state index in [2.05, 4.69) is 10.3 Å². The van der Waals surface area contributed by atoms with Crippen molar-refractivity contribution in [1.82, 2.24) is 9.88 Å². The summed E-state index contributed by atoms with van der Waals surface area (Å²) in [6.45, 7) is 0.835. The predicted molar refractivity (Wildman–Crippen MR) is 96.3 cm³/mol. The molecule has 0 bridgehead atoms. The Labute approximate surface area is 146 Å². The van der Waals surface area contributed by atoms with E-state index in [1.807, 2.05) is 30.3 Å². The lowest BCUT2D eigenvalue weighted by Gasteiger charge is -2.31. The smallest absolute Gasteiger partial charge is 0.273 e. The van der Waals surface area contributed by atoms with Gasteiger partial charge in [-0.2, -0.15) is 0 Å². The summed E-state index contributed by atoms with van der Waals surface area (Å²) in [5, 5.41) is 16.2.